The Morgan fingerprint density at radius 2 is 2.15 bits per heavy atom. The van der Waals surface area contributed by atoms with E-state index in [0.717, 1.165) is 45.2 Å². The standard InChI is InChI=1S/C16H31N3O/c1-5-7-8-9-10-11-19(4)15(17-6-2)18-12-16(3)13-20-14-16/h5H,1,6-14H2,2-4H3,(H,17,18). The molecule has 0 atom stereocenters. The van der Waals surface area contributed by atoms with Crippen molar-refractivity contribution in [1.29, 1.82) is 0 Å². The van der Waals surface area contributed by atoms with Gasteiger partial charge >= 0.3 is 0 Å². The largest absolute Gasteiger partial charge is 0.380 e. The maximum atomic E-state index is 5.28. The van der Waals surface area contributed by atoms with Crippen molar-refractivity contribution in [2.24, 2.45) is 10.4 Å². The van der Waals surface area contributed by atoms with Crippen LogP contribution < -0.4 is 5.32 Å². The summed E-state index contributed by atoms with van der Waals surface area (Å²) in [6, 6.07) is 0. The van der Waals surface area contributed by atoms with Crippen LogP contribution in [0.4, 0.5) is 0 Å². The topological polar surface area (TPSA) is 36.9 Å². The summed E-state index contributed by atoms with van der Waals surface area (Å²) in [5, 5.41) is 3.37. The van der Waals surface area contributed by atoms with E-state index in [1.54, 1.807) is 0 Å². The molecule has 0 radical (unpaired) electrons. The quantitative estimate of drug-likeness (QED) is 0.305. The minimum atomic E-state index is 0.242. The molecule has 1 heterocycles. The van der Waals surface area contributed by atoms with Gasteiger partial charge in [-0.25, -0.2) is 0 Å². The van der Waals surface area contributed by atoms with Crippen molar-refractivity contribution in [1.82, 2.24) is 10.2 Å². The van der Waals surface area contributed by atoms with E-state index in [4.69, 9.17) is 9.73 Å². The first-order valence-electron chi connectivity index (χ1n) is 7.79. The Morgan fingerprint density at radius 1 is 1.40 bits per heavy atom. The highest BCUT2D eigenvalue weighted by Crippen LogP contribution is 2.26. The first-order chi connectivity index (χ1) is 9.61. The third-order valence-corrected chi connectivity index (χ3v) is 3.61. The number of unbranched alkanes of at least 4 members (excludes halogenated alkanes) is 3. The molecule has 0 saturated carbocycles. The average Bonchev–Trinajstić information content (AvgIpc) is 2.41. The molecule has 0 aromatic carbocycles. The molecular formula is C16H31N3O. The maximum Gasteiger partial charge on any atom is 0.193 e. The van der Waals surface area contributed by atoms with E-state index in [0.29, 0.717) is 0 Å². The lowest BCUT2D eigenvalue weighted by molar-refractivity contribution is -0.0945. The van der Waals surface area contributed by atoms with Gasteiger partial charge in [-0.3, -0.25) is 4.99 Å². The molecule has 1 saturated heterocycles. The van der Waals surface area contributed by atoms with E-state index in [2.05, 4.69) is 37.7 Å². The number of allylic oxidation sites excluding steroid dienone is 1. The number of guanidine groups is 1. The minimum absolute atomic E-state index is 0.242. The fourth-order valence-corrected chi connectivity index (χ4v) is 2.20. The zero-order valence-corrected chi connectivity index (χ0v) is 13.5. The average molecular weight is 281 g/mol. The summed E-state index contributed by atoms with van der Waals surface area (Å²) in [6.07, 6.45) is 6.81. The molecule has 1 N–H and O–H groups in total. The van der Waals surface area contributed by atoms with Crippen molar-refractivity contribution >= 4 is 5.96 Å². The normalized spacial score (nSPS) is 17.4. The van der Waals surface area contributed by atoms with Gasteiger partial charge < -0.3 is 15.0 Å². The Hall–Kier alpha value is -1.03. The summed E-state index contributed by atoms with van der Waals surface area (Å²) in [7, 11) is 2.12. The predicted molar refractivity (Wildman–Crippen MR) is 86.2 cm³/mol. The van der Waals surface area contributed by atoms with Gasteiger partial charge in [-0.05, 0) is 26.2 Å². The fourth-order valence-electron chi connectivity index (χ4n) is 2.20. The van der Waals surface area contributed by atoms with Gasteiger partial charge in [0.1, 0.15) is 0 Å². The molecule has 0 spiro atoms. The maximum absolute atomic E-state index is 5.28. The van der Waals surface area contributed by atoms with E-state index in [1.165, 1.54) is 19.3 Å². The molecule has 0 bridgehead atoms. The smallest absolute Gasteiger partial charge is 0.193 e. The molecule has 1 rings (SSSR count). The second-order valence-corrected chi connectivity index (χ2v) is 6.03. The van der Waals surface area contributed by atoms with Crippen molar-refractivity contribution in [3.63, 3.8) is 0 Å². The number of aliphatic imine (C=N–C) groups is 1. The highest BCUT2D eigenvalue weighted by Gasteiger charge is 2.33. The predicted octanol–water partition coefficient (Wildman–Crippen LogP) is 2.67. The zero-order chi connectivity index (χ0) is 14.8. The van der Waals surface area contributed by atoms with Crippen LogP contribution in [0.2, 0.25) is 0 Å². The van der Waals surface area contributed by atoms with E-state index in [-0.39, 0.29) is 5.41 Å². The van der Waals surface area contributed by atoms with Crippen LogP contribution in [0.1, 0.15) is 39.5 Å². The highest BCUT2D eigenvalue weighted by molar-refractivity contribution is 5.79. The Morgan fingerprint density at radius 3 is 2.70 bits per heavy atom. The van der Waals surface area contributed by atoms with Crippen LogP contribution in [0.5, 0.6) is 0 Å². The number of hydrogen-bond donors (Lipinski definition) is 1. The van der Waals surface area contributed by atoms with Gasteiger partial charge in [0.25, 0.3) is 0 Å². The number of nitrogens with zero attached hydrogens (tertiary/aromatic N) is 2. The van der Waals surface area contributed by atoms with Crippen LogP contribution in [0.3, 0.4) is 0 Å². The summed E-state index contributed by atoms with van der Waals surface area (Å²) in [6.45, 7) is 12.6. The number of hydrogen-bond acceptors (Lipinski definition) is 2. The molecule has 0 amide bonds. The monoisotopic (exact) mass is 281 g/mol. The van der Waals surface area contributed by atoms with Crippen LogP contribution in [0, 0.1) is 5.41 Å². The minimum Gasteiger partial charge on any atom is -0.380 e. The second-order valence-electron chi connectivity index (χ2n) is 6.03. The van der Waals surface area contributed by atoms with E-state index < -0.39 is 0 Å². The van der Waals surface area contributed by atoms with Crippen LogP contribution in [0.15, 0.2) is 17.6 Å². The third kappa shape index (κ3) is 5.95. The van der Waals surface area contributed by atoms with Crippen molar-refractivity contribution < 1.29 is 4.74 Å². The van der Waals surface area contributed by atoms with Crippen LogP contribution in [-0.2, 0) is 4.74 Å². The summed E-state index contributed by atoms with van der Waals surface area (Å²) in [5.41, 5.74) is 0.242. The van der Waals surface area contributed by atoms with Gasteiger partial charge in [0.15, 0.2) is 5.96 Å². The molecular weight excluding hydrogens is 250 g/mol. The zero-order valence-electron chi connectivity index (χ0n) is 13.5. The molecule has 1 fully saturated rings. The number of nitrogens with one attached hydrogen (secondary N) is 1. The third-order valence-electron chi connectivity index (χ3n) is 3.61. The molecule has 4 heteroatoms. The Labute approximate surface area is 124 Å². The summed E-state index contributed by atoms with van der Waals surface area (Å²) < 4.78 is 5.28. The first-order valence-corrected chi connectivity index (χ1v) is 7.79. The van der Waals surface area contributed by atoms with Crippen molar-refractivity contribution in [2.45, 2.75) is 39.5 Å². The lowest BCUT2D eigenvalue weighted by Gasteiger charge is -2.37. The fraction of sp³-hybridized carbons (Fsp3) is 0.812. The molecule has 0 aliphatic carbocycles. The summed E-state index contributed by atoms with van der Waals surface area (Å²) in [5.74, 6) is 1.02. The molecule has 0 unspecified atom stereocenters. The molecule has 20 heavy (non-hydrogen) atoms. The molecule has 4 nitrogen and oxygen atoms in total. The molecule has 0 aromatic rings. The van der Waals surface area contributed by atoms with Gasteiger partial charge in [0, 0.05) is 25.6 Å². The van der Waals surface area contributed by atoms with Crippen LogP contribution in [0.25, 0.3) is 0 Å². The Kier molecular flexibility index (Phi) is 7.67. The number of ether oxygens (including phenoxy) is 1. The van der Waals surface area contributed by atoms with E-state index in [9.17, 15) is 0 Å². The molecule has 116 valence electrons. The van der Waals surface area contributed by atoms with Crippen molar-refractivity contribution in [2.75, 3.05) is 39.9 Å². The Balaban J connectivity index is 2.34. The van der Waals surface area contributed by atoms with Gasteiger partial charge in [0.05, 0.1) is 19.8 Å². The molecule has 1 aliphatic rings. The molecule has 0 aromatic heterocycles. The Bertz CT molecular complexity index is 311. The van der Waals surface area contributed by atoms with Crippen molar-refractivity contribution in [3.8, 4) is 0 Å². The second kappa shape index (κ2) is 9.01. The van der Waals surface area contributed by atoms with E-state index in [1.807, 2.05) is 6.08 Å². The van der Waals surface area contributed by atoms with Gasteiger partial charge in [0.2, 0.25) is 0 Å². The van der Waals surface area contributed by atoms with Gasteiger partial charge in [-0.15, -0.1) is 6.58 Å². The van der Waals surface area contributed by atoms with Gasteiger partial charge in [-0.1, -0.05) is 19.4 Å². The highest BCUT2D eigenvalue weighted by atomic mass is 16.5. The van der Waals surface area contributed by atoms with Crippen LogP contribution >= 0.6 is 0 Å². The first kappa shape index (κ1) is 17.0. The van der Waals surface area contributed by atoms with Gasteiger partial charge in [-0.2, -0.15) is 0 Å². The summed E-state index contributed by atoms with van der Waals surface area (Å²) in [4.78, 5) is 6.99. The lowest BCUT2D eigenvalue weighted by atomic mass is 9.89. The number of rotatable bonds is 9. The van der Waals surface area contributed by atoms with Crippen molar-refractivity contribution in [3.05, 3.63) is 12.7 Å². The lowest BCUT2D eigenvalue weighted by Crippen LogP contribution is -2.45. The van der Waals surface area contributed by atoms with E-state index >= 15 is 0 Å². The van der Waals surface area contributed by atoms with Crippen LogP contribution in [-0.4, -0.2) is 50.8 Å². The molecule has 1 aliphatic heterocycles. The summed E-state index contributed by atoms with van der Waals surface area (Å²) >= 11 is 0. The SMILES string of the molecule is C=CCCCCCN(C)C(=NCC1(C)COC1)NCC.